The Hall–Kier alpha value is -1.27. The zero-order valence-corrected chi connectivity index (χ0v) is 16.3. The van der Waals surface area contributed by atoms with Crippen LogP contribution in [0.1, 0.15) is 44.9 Å². The van der Waals surface area contributed by atoms with Crippen molar-refractivity contribution in [3.8, 4) is 0 Å². The SMILES string of the molecule is O=C1CCCN1c1ccc(NC(=S)NCCSC2CCCCC2)cc1. The molecule has 0 aromatic heterocycles. The van der Waals surface area contributed by atoms with Crippen molar-refractivity contribution in [2.75, 3.05) is 29.1 Å². The molecule has 0 spiro atoms. The molecular formula is C19H27N3OS2. The number of carbonyl (C=O) groups is 1. The molecule has 25 heavy (non-hydrogen) atoms. The zero-order chi connectivity index (χ0) is 17.5. The van der Waals surface area contributed by atoms with E-state index in [0.717, 1.165) is 41.9 Å². The number of amides is 1. The molecule has 1 aromatic rings. The van der Waals surface area contributed by atoms with Crippen LogP contribution in [0, 0.1) is 0 Å². The minimum atomic E-state index is 0.216. The molecule has 1 aromatic carbocycles. The summed E-state index contributed by atoms with van der Waals surface area (Å²) in [5, 5.41) is 8.01. The van der Waals surface area contributed by atoms with Gasteiger partial charge in [0.15, 0.2) is 5.11 Å². The van der Waals surface area contributed by atoms with Crippen LogP contribution in [0.25, 0.3) is 0 Å². The summed E-state index contributed by atoms with van der Waals surface area (Å²) >= 11 is 7.44. The second kappa shape index (κ2) is 9.43. The minimum Gasteiger partial charge on any atom is -0.362 e. The van der Waals surface area contributed by atoms with Crippen LogP contribution in [0.2, 0.25) is 0 Å². The van der Waals surface area contributed by atoms with Gasteiger partial charge in [-0.2, -0.15) is 11.8 Å². The van der Waals surface area contributed by atoms with Gasteiger partial charge in [-0.3, -0.25) is 4.79 Å². The van der Waals surface area contributed by atoms with E-state index in [2.05, 4.69) is 22.4 Å². The fraction of sp³-hybridized carbons (Fsp3) is 0.579. The van der Waals surface area contributed by atoms with E-state index in [-0.39, 0.29) is 5.91 Å². The Morgan fingerprint density at radius 2 is 1.92 bits per heavy atom. The number of carbonyl (C=O) groups excluding carboxylic acids is 1. The third kappa shape index (κ3) is 5.61. The predicted octanol–water partition coefficient (Wildman–Crippen LogP) is 4.17. The Morgan fingerprint density at radius 1 is 1.16 bits per heavy atom. The summed E-state index contributed by atoms with van der Waals surface area (Å²) in [4.78, 5) is 13.6. The van der Waals surface area contributed by atoms with E-state index < -0.39 is 0 Å². The Morgan fingerprint density at radius 3 is 2.60 bits per heavy atom. The first-order valence-corrected chi connectivity index (χ1v) is 10.7. The monoisotopic (exact) mass is 377 g/mol. The van der Waals surface area contributed by atoms with Gasteiger partial charge in [-0.25, -0.2) is 0 Å². The lowest BCUT2D eigenvalue weighted by Gasteiger charge is -2.21. The van der Waals surface area contributed by atoms with E-state index in [1.807, 2.05) is 29.2 Å². The summed E-state index contributed by atoms with van der Waals surface area (Å²) in [5.41, 5.74) is 1.92. The highest BCUT2D eigenvalue weighted by atomic mass is 32.2. The largest absolute Gasteiger partial charge is 0.362 e. The Balaban J connectivity index is 1.36. The van der Waals surface area contributed by atoms with Crippen molar-refractivity contribution in [1.82, 2.24) is 5.32 Å². The Kier molecular flexibility index (Phi) is 6.99. The van der Waals surface area contributed by atoms with E-state index >= 15 is 0 Å². The molecule has 2 aliphatic rings. The fourth-order valence-electron chi connectivity index (χ4n) is 3.44. The van der Waals surface area contributed by atoms with Gasteiger partial charge >= 0.3 is 0 Å². The summed E-state index contributed by atoms with van der Waals surface area (Å²) in [6.07, 6.45) is 8.55. The molecule has 4 nitrogen and oxygen atoms in total. The van der Waals surface area contributed by atoms with Crippen LogP contribution in [0.4, 0.5) is 11.4 Å². The highest BCUT2D eigenvalue weighted by Gasteiger charge is 2.21. The number of hydrogen-bond donors (Lipinski definition) is 2. The fourth-order valence-corrected chi connectivity index (χ4v) is 4.88. The van der Waals surface area contributed by atoms with E-state index in [0.29, 0.717) is 11.5 Å². The number of hydrogen-bond acceptors (Lipinski definition) is 3. The molecule has 0 unspecified atom stereocenters. The van der Waals surface area contributed by atoms with Gasteiger partial charge in [-0.15, -0.1) is 0 Å². The predicted molar refractivity (Wildman–Crippen MR) is 112 cm³/mol. The number of benzene rings is 1. The molecule has 0 bridgehead atoms. The molecule has 3 rings (SSSR count). The highest BCUT2D eigenvalue weighted by molar-refractivity contribution is 7.99. The molecule has 0 radical (unpaired) electrons. The maximum Gasteiger partial charge on any atom is 0.227 e. The number of thioether (sulfide) groups is 1. The number of nitrogens with zero attached hydrogens (tertiary/aromatic N) is 1. The number of nitrogens with one attached hydrogen (secondary N) is 2. The quantitative estimate of drug-likeness (QED) is 0.575. The third-order valence-corrected chi connectivity index (χ3v) is 6.43. The topological polar surface area (TPSA) is 44.4 Å². The molecule has 2 fully saturated rings. The van der Waals surface area contributed by atoms with Crippen molar-refractivity contribution >= 4 is 46.4 Å². The molecule has 1 aliphatic heterocycles. The summed E-state index contributed by atoms with van der Waals surface area (Å²) in [6, 6.07) is 7.91. The van der Waals surface area contributed by atoms with Gasteiger partial charge in [-0.1, -0.05) is 19.3 Å². The summed E-state index contributed by atoms with van der Waals surface area (Å²) in [6.45, 7) is 1.72. The molecule has 1 amide bonds. The zero-order valence-electron chi connectivity index (χ0n) is 14.6. The molecule has 1 heterocycles. The first kappa shape index (κ1) is 18.5. The lowest BCUT2D eigenvalue weighted by atomic mass is 10.0. The Bertz CT molecular complexity index is 585. The van der Waals surface area contributed by atoms with Gasteiger partial charge < -0.3 is 15.5 Å². The summed E-state index contributed by atoms with van der Waals surface area (Å²) in [7, 11) is 0. The number of anilines is 2. The normalized spacial score (nSPS) is 18.4. The molecule has 136 valence electrons. The maximum absolute atomic E-state index is 11.8. The van der Waals surface area contributed by atoms with Gasteiger partial charge in [0, 0.05) is 41.9 Å². The lowest BCUT2D eigenvalue weighted by Crippen LogP contribution is -2.30. The Labute approximate surface area is 160 Å². The van der Waals surface area contributed by atoms with Gasteiger partial charge in [0.25, 0.3) is 0 Å². The minimum absolute atomic E-state index is 0.216. The molecule has 6 heteroatoms. The van der Waals surface area contributed by atoms with Crippen molar-refractivity contribution in [3.63, 3.8) is 0 Å². The van der Waals surface area contributed by atoms with Crippen molar-refractivity contribution in [3.05, 3.63) is 24.3 Å². The number of rotatable bonds is 6. The van der Waals surface area contributed by atoms with Crippen molar-refractivity contribution in [2.24, 2.45) is 0 Å². The molecule has 1 saturated carbocycles. The smallest absolute Gasteiger partial charge is 0.227 e. The van der Waals surface area contributed by atoms with E-state index in [9.17, 15) is 4.79 Å². The van der Waals surface area contributed by atoms with Crippen LogP contribution >= 0.6 is 24.0 Å². The molecule has 1 aliphatic carbocycles. The molecule has 1 saturated heterocycles. The molecule has 2 N–H and O–H groups in total. The number of thiocarbonyl (C=S) groups is 1. The highest BCUT2D eigenvalue weighted by Crippen LogP contribution is 2.27. The van der Waals surface area contributed by atoms with Crippen LogP contribution < -0.4 is 15.5 Å². The third-order valence-electron chi connectivity index (χ3n) is 4.80. The molecular weight excluding hydrogens is 350 g/mol. The van der Waals surface area contributed by atoms with E-state index in [1.165, 1.54) is 32.1 Å². The second-order valence-electron chi connectivity index (χ2n) is 6.71. The summed E-state index contributed by atoms with van der Waals surface area (Å²) < 4.78 is 0. The van der Waals surface area contributed by atoms with E-state index in [1.54, 1.807) is 0 Å². The average Bonchev–Trinajstić information content (AvgIpc) is 3.06. The van der Waals surface area contributed by atoms with Gasteiger partial charge in [0.05, 0.1) is 0 Å². The first-order valence-electron chi connectivity index (χ1n) is 9.29. The van der Waals surface area contributed by atoms with Crippen LogP contribution in [-0.2, 0) is 4.79 Å². The average molecular weight is 378 g/mol. The van der Waals surface area contributed by atoms with Crippen LogP contribution in [0.5, 0.6) is 0 Å². The second-order valence-corrected chi connectivity index (χ2v) is 8.52. The molecule has 0 atom stereocenters. The maximum atomic E-state index is 11.8. The van der Waals surface area contributed by atoms with Crippen molar-refractivity contribution < 1.29 is 4.79 Å². The van der Waals surface area contributed by atoms with Crippen molar-refractivity contribution in [1.29, 1.82) is 0 Å². The standard InChI is InChI=1S/C19H27N3OS2/c23-18-7-4-13-22(18)16-10-8-15(9-11-16)21-19(24)20-12-14-25-17-5-2-1-3-6-17/h8-11,17H,1-7,12-14H2,(H2,20,21,24). The van der Waals surface area contributed by atoms with Crippen LogP contribution in [-0.4, -0.2) is 35.1 Å². The van der Waals surface area contributed by atoms with Gasteiger partial charge in [0.2, 0.25) is 5.91 Å². The lowest BCUT2D eigenvalue weighted by molar-refractivity contribution is -0.117. The van der Waals surface area contributed by atoms with Crippen molar-refractivity contribution in [2.45, 2.75) is 50.2 Å². The van der Waals surface area contributed by atoms with Crippen LogP contribution in [0.3, 0.4) is 0 Å². The van der Waals surface area contributed by atoms with Crippen LogP contribution in [0.15, 0.2) is 24.3 Å². The van der Waals surface area contributed by atoms with Gasteiger partial charge in [-0.05, 0) is 55.7 Å². The van der Waals surface area contributed by atoms with E-state index in [4.69, 9.17) is 12.2 Å². The summed E-state index contributed by atoms with van der Waals surface area (Å²) in [5.74, 6) is 1.32. The first-order chi connectivity index (χ1) is 12.2. The van der Waals surface area contributed by atoms with Gasteiger partial charge in [0.1, 0.15) is 0 Å².